The summed E-state index contributed by atoms with van der Waals surface area (Å²) in [7, 11) is 0. The van der Waals surface area contributed by atoms with Gasteiger partial charge in [0.05, 0.1) is 6.20 Å². The molecule has 1 N–H and O–H groups in total. The monoisotopic (exact) mass is 408 g/mol. The molecule has 4 rings (SSSR count). The Bertz CT molecular complexity index is 1000. The Morgan fingerprint density at radius 2 is 1.90 bits per heavy atom. The van der Waals surface area contributed by atoms with Gasteiger partial charge in [0.15, 0.2) is 5.13 Å². The van der Waals surface area contributed by atoms with Gasteiger partial charge in [-0.1, -0.05) is 6.07 Å². The van der Waals surface area contributed by atoms with E-state index in [4.69, 9.17) is 4.74 Å². The smallest absolute Gasteiger partial charge is 0.223 e. The molecule has 7 heteroatoms. The van der Waals surface area contributed by atoms with Crippen molar-refractivity contribution in [2.75, 3.05) is 18.4 Å². The second kappa shape index (κ2) is 8.71. The molecule has 150 valence electrons. The summed E-state index contributed by atoms with van der Waals surface area (Å²) in [6.45, 7) is 6.30. The van der Waals surface area contributed by atoms with E-state index in [2.05, 4.69) is 32.3 Å². The fourth-order valence-corrected chi connectivity index (χ4v) is 4.33. The normalized spacial score (nSPS) is 14.1. The van der Waals surface area contributed by atoms with Crippen LogP contribution in [0.1, 0.15) is 28.6 Å². The van der Waals surface area contributed by atoms with Crippen LogP contribution in [0.5, 0.6) is 11.5 Å². The van der Waals surface area contributed by atoms with Crippen LogP contribution >= 0.6 is 11.3 Å². The van der Waals surface area contributed by atoms with Crippen molar-refractivity contribution in [1.82, 2.24) is 14.9 Å². The highest BCUT2D eigenvalue weighted by atomic mass is 32.1. The number of carbonyl (C=O) groups is 1. The number of amides is 1. The first-order valence-corrected chi connectivity index (χ1v) is 10.5. The summed E-state index contributed by atoms with van der Waals surface area (Å²) >= 11 is 1.54. The molecule has 0 saturated carbocycles. The molecule has 1 aliphatic rings. The molecule has 3 aromatic rings. The van der Waals surface area contributed by atoms with Gasteiger partial charge in [0, 0.05) is 43.3 Å². The summed E-state index contributed by atoms with van der Waals surface area (Å²) in [5, 5.41) is 3.41. The number of benzene rings is 1. The van der Waals surface area contributed by atoms with Crippen LogP contribution in [0.3, 0.4) is 0 Å². The second-order valence-electron chi connectivity index (χ2n) is 7.26. The molecule has 0 unspecified atom stereocenters. The molecule has 0 saturated heterocycles. The van der Waals surface area contributed by atoms with E-state index in [-0.39, 0.29) is 5.91 Å². The molecule has 6 nitrogen and oxygen atoms in total. The number of carbonyl (C=O) groups excluding carboxylic acids is 1. The number of hydrogen-bond acceptors (Lipinski definition) is 6. The number of nitrogens with one attached hydrogen (secondary N) is 1. The molecule has 0 aliphatic carbocycles. The van der Waals surface area contributed by atoms with Crippen LogP contribution in [0.4, 0.5) is 5.13 Å². The van der Waals surface area contributed by atoms with E-state index in [0.717, 1.165) is 54.5 Å². The van der Waals surface area contributed by atoms with Crippen LogP contribution in [0.2, 0.25) is 0 Å². The Kier molecular flexibility index (Phi) is 5.87. The maximum absolute atomic E-state index is 11.2. The lowest BCUT2D eigenvalue weighted by molar-refractivity contribution is -0.114. The Labute approximate surface area is 174 Å². The fraction of sp³-hybridized carbons (Fsp3) is 0.318. The third kappa shape index (κ3) is 5.19. The Hall–Kier alpha value is -2.77. The summed E-state index contributed by atoms with van der Waals surface area (Å²) in [6.07, 6.45) is 5.61. The number of anilines is 1. The number of rotatable bonds is 5. The quantitative estimate of drug-likeness (QED) is 0.685. The average Bonchev–Trinajstić information content (AvgIpc) is 3.02. The number of hydrogen-bond donors (Lipinski definition) is 1. The molecule has 1 aliphatic heterocycles. The first-order chi connectivity index (χ1) is 14.0. The summed E-state index contributed by atoms with van der Waals surface area (Å²) in [5.74, 6) is 1.52. The first kappa shape index (κ1) is 19.5. The zero-order chi connectivity index (χ0) is 20.2. The molecule has 1 aromatic carbocycles. The molecular formula is C22H24N4O2S. The Morgan fingerprint density at radius 1 is 1.10 bits per heavy atom. The van der Waals surface area contributed by atoms with Gasteiger partial charge in [-0.3, -0.25) is 14.7 Å². The largest absolute Gasteiger partial charge is 0.456 e. The number of fused-ring (bicyclic) bond motifs is 1. The van der Waals surface area contributed by atoms with E-state index < -0.39 is 0 Å². The minimum atomic E-state index is -0.0874. The third-order valence-electron chi connectivity index (χ3n) is 4.91. The number of thiazole rings is 1. The average molecular weight is 409 g/mol. The lowest BCUT2D eigenvalue weighted by Crippen LogP contribution is -2.25. The minimum Gasteiger partial charge on any atom is -0.456 e. The van der Waals surface area contributed by atoms with Gasteiger partial charge in [0.2, 0.25) is 5.91 Å². The van der Waals surface area contributed by atoms with Gasteiger partial charge in [0.1, 0.15) is 11.5 Å². The van der Waals surface area contributed by atoms with Crippen LogP contribution in [0.15, 0.2) is 42.7 Å². The second-order valence-corrected chi connectivity index (χ2v) is 8.37. The van der Waals surface area contributed by atoms with Crippen LogP contribution in [-0.4, -0.2) is 33.9 Å². The maximum atomic E-state index is 11.2. The predicted molar refractivity (Wildman–Crippen MR) is 115 cm³/mol. The van der Waals surface area contributed by atoms with Crippen LogP contribution in [-0.2, 0) is 24.2 Å². The Balaban J connectivity index is 1.39. The zero-order valence-corrected chi connectivity index (χ0v) is 17.5. The summed E-state index contributed by atoms with van der Waals surface area (Å²) < 4.78 is 5.98. The van der Waals surface area contributed by atoms with Crippen molar-refractivity contribution in [1.29, 1.82) is 0 Å². The van der Waals surface area contributed by atoms with Crippen LogP contribution in [0, 0.1) is 6.92 Å². The fourth-order valence-electron chi connectivity index (χ4n) is 3.43. The Morgan fingerprint density at radius 3 is 2.66 bits per heavy atom. The predicted octanol–water partition coefficient (Wildman–Crippen LogP) is 4.20. The van der Waals surface area contributed by atoms with Gasteiger partial charge in [-0.15, -0.1) is 11.3 Å². The van der Waals surface area contributed by atoms with Crippen molar-refractivity contribution in [2.24, 2.45) is 0 Å². The van der Waals surface area contributed by atoms with E-state index in [9.17, 15) is 4.79 Å². The third-order valence-corrected chi connectivity index (χ3v) is 5.81. The van der Waals surface area contributed by atoms with Crippen molar-refractivity contribution in [3.8, 4) is 11.5 Å². The van der Waals surface area contributed by atoms with Gasteiger partial charge in [-0.05, 0) is 55.2 Å². The van der Waals surface area contributed by atoms with Crippen molar-refractivity contribution < 1.29 is 9.53 Å². The van der Waals surface area contributed by atoms with Crippen molar-refractivity contribution in [3.05, 3.63) is 64.4 Å². The number of nitrogens with zero attached hydrogens (tertiary/aromatic N) is 3. The number of aryl methyl sites for hydroxylation is 1. The summed E-state index contributed by atoms with van der Waals surface area (Å²) in [5.41, 5.74) is 3.70. The molecule has 0 bridgehead atoms. The molecule has 3 heterocycles. The van der Waals surface area contributed by atoms with Gasteiger partial charge in [0.25, 0.3) is 0 Å². The molecule has 1 amide bonds. The first-order valence-electron chi connectivity index (χ1n) is 9.72. The molecule has 0 radical (unpaired) electrons. The van der Waals surface area contributed by atoms with Crippen molar-refractivity contribution in [3.63, 3.8) is 0 Å². The SMILES string of the molecule is CC(=O)Nc1ncc(CN2CCc3ccc(Oc4ccc(C)nc4)cc3CC2)s1. The van der Waals surface area contributed by atoms with E-state index in [0.29, 0.717) is 5.13 Å². The minimum absolute atomic E-state index is 0.0874. The van der Waals surface area contributed by atoms with Gasteiger partial charge < -0.3 is 10.1 Å². The maximum Gasteiger partial charge on any atom is 0.223 e. The summed E-state index contributed by atoms with van der Waals surface area (Å²) in [6, 6.07) is 10.3. The lowest BCUT2D eigenvalue weighted by Gasteiger charge is -2.18. The van der Waals surface area contributed by atoms with E-state index in [1.807, 2.05) is 31.3 Å². The number of aromatic nitrogens is 2. The topological polar surface area (TPSA) is 67.4 Å². The van der Waals surface area contributed by atoms with Gasteiger partial charge in [-0.25, -0.2) is 4.98 Å². The molecular weight excluding hydrogens is 384 g/mol. The van der Waals surface area contributed by atoms with Crippen LogP contribution in [0.25, 0.3) is 0 Å². The molecule has 0 spiro atoms. The van der Waals surface area contributed by atoms with E-state index in [1.165, 1.54) is 29.4 Å². The highest BCUT2D eigenvalue weighted by Crippen LogP contribution is 2.27. The summed E-state index contributed by atoms with van der Waals surface area (Å²) in [4.78, 5) is 23.3. The number of ether oxygens (including phenoxy) is 1. The molecule has 2 aromatic heterocycles. The van der Waals surface area contributed by atoms with Crippen LogP contribution < -0.4 is 10.1 Å². The van der Waals surface area contributed by atoms with Gasteiger partial charge in [-0.2, -0.15) is 0 Å². The molecule has 0 atom stereocenters. The highest BCUT2D eigenvalue weighted by Gasteiger charge is 2.16. The van der Waals surface area contributed by atoms with E-state index >= 15 is 0 Å². The molecule has 0 fully saturated rings. The lowest BCUT2D eigenvalue weighted by atomic mass is 10.0. The standard InChI is InChI=1S/C22H24N4O2S/c1-15-3-5-20(12-23-15)28-19-6-4-17-7-9-26(10-8-18(17)11-19)14-21-13-24-22(29-21)25-16(2)27/h3-6,11-13H,7-10,14H2,1-2H3,(H,24,25,27). The van der Waals surface area contributed by atoms with Crippen molar-refractivity contribution in [2.45, 2.75) is 33.2 Å². The molecule has 29 heavy (non-hydrogen) atoms. The van der Waals surface area contributed by atoms with Crippen molar-refractivity contribution >= 4 is 22.4 Å². The highest BCUT2D eigenvalue weighted by molar-refractivity contribution is 7.15. The van der Waals surface area contributed by atoms with E-state index in [1.54, 1.807) is 6.20 Å². The number of pyridine rings is 1. The zero-order valence-electron chi connectivity index (χ0n) is 16.6. The van der Waals surface area contributed by atoms with Gasteiger partial charge >= 0.3 is 0 Å².